The van der Waals surface area contributed by atoms with Gasteiger partial charge in [-0.2, -0.15) is 13.2 Å². The number of amides is 1. The van der Waals surface area contributed by atoms with E-state index in [0.717, 1.165) is 17.7 Å². The molecule has 0 saturated heterocycles. The molecular formula is C17H16ClF3N2O4S. The molecule has 0 spiro atoms. The topological polar surface area (TPSA) is 95.5 Å². The fourth-order valence-corrected chi connectivity index (χ4v) is 3.26. The SMILES string of the molecule is Cc1ccc(S(=O)(=O)Nc2ccc(NC(=O)C(C)(O)C(F)(F)F)c(Cl)c2)cc1. The maximum Gasteiger partial charge on any atom is 0.426 e. The van der Waals surface area contributed by atoms with Gasteiger partial charge in [-0.15, -0.1) is 0 Å². The molecule has 3 N–H and O–H groups in total. The number of hydrogen-bond donors (Lipinski definition) is 3. The van der Waals surface area contributed by atoms with E-state index in [0.29, 0.717) is 6.92 Å². The van der Waals surface area contributed by atoms with Crippen molar-refractivity contribution in [1.82, 2.24) is 0 Å². The summed E-state index contributed by atoms with van der Waals surface area (Å²) in [6.07, 6.45) is -5.19. The number of halogens is 4. The highest BCUT2D eigenvalue weighted by Gasteiger charge is 2.55. The molecule has 2 rings (SSSR count). The highest BCUT2D eigenvalue weighted by molar-refractivity contribution is 7.92. The molecular weight excluding hydrogens is 421 g/mol. The third kappa shape index (κ3) is 4.75. The molecule has 28 heavy (non-hydrogen) atoms. The van der Waals surface area contributed by atoms with E-state index in [4.69, 9.17) is 11.6 Å². The number of aliphatic hydroxyl groups is 1. The van der Waals surface area contributed by atoms with Crippen LogP contribution in [0.15, 0.2) is 47.4 Å². The lowest BCUT2D eigenvalue weighted by atomic mass is 10.1. The zero-order valence-corrected chi connectivity index (χ0v) is 16.2. The predicted molar refractivity (Wildman–Crippen MR) is 98.7 cm³/mol. The zero-order valence-electron chi connectivity index (χ0n) is 14.6. The van der Waals surface area contributed by atoms with Gasteiger partial charge in [0.05, 0.1) is 21.3 Å². The number of nitrogens with one attached hydrogen (secondary N) is 2. The smallest absolute Gasteiger partial charge is 0.373 e. The van der Waals surface area contributed by atoms with Gasteiger partial charge in [-0.05, 0) is 44.2 Å². The predicted octanol–water partition coefficient (Wildman–Crippen LogP) is 3.70. The molecule has 0 aromatic heterocycles. The van der Waals surface area contributed by atoms with E-state index in [2.05, 4.69) is 4.72 Å². The molecule has 1 atom stereocenters. The van der Waals surface area contributed by atoms with Crippen LogP contribution in [0.3, 0.4) is 0 Å². The Kier molecular flexibility index (Phi) is 5.98. The van der Waals surface area contributed by atoms with Gasteiger partial charge in [0, 0.05) is 0 Å². The minimum absolute atomic E-state index is 0.00725. The summed E-state index contributed by atoms with van der Waals surface area (Å²) in [5.74, 6) is -1.73. The van der Waals surface area contributed by atoms with Crippen LogP contribution in [0, 0.1) is 6.92 Å². The van der Waals surface area contributed by atoms with E-state index in [1.54, 1.807) is 19.1 Å². The molecule has 2 aromatic carbocycles. The molecule has 11 heteroatoms. The molecule has 152 valence electrons. The molecule has 1 amide bonds. The van der Waals surface area contributed by atoms with Gasteiger partial charge < -0.3 is 10.4 Å². The molecule has 0 aliphatic heterocycles. The molecule has 0 radical (unpaired) electrons. The van der Waals surface area contributed by atoms with Crippen LogP contribution in [0.5, 0.6) is 0 Å². The van der Waals surface area contributed by atoms with E-state index >= 15 is 0 Å². The van der Waals surface area contributed by atoms with Crippen molar-refractivity contribution in [2.45, 2.75) is 30.5 Å². The number of benzene rings is 2. The molecule has 0 heterocycles. The number of aryl methyl sites for hydroxylation is 1. The van der Waals surface area contributed by atoms with Gasteiger partial charge in [0.15, 0.2) is 0 Å². The van der Waals surface area contributed by atoms with Gasteiger partial charge in [0.25, 0.3) is 15.9 Å². The lowest BCUT2D eigenvalue weighted by Gasteiger charge is -2.25. The Morgan fingerprint density at radius 2 is 1.68 bits per heavy atom. The second-order valence-electron chi connectivity index (χ2n) is 6.14. The van der Waals surface area contributed by atoms with Crippen LogP contribution >= 0.6 is 11.6 Å². The largest absolute Gasteiger partial charge is 0.426 e. The van der Waals surface area contributed by atoms with Crippen LogP contribution < -0.4 is 10.0 Å². The van der Waals surface area contributed by atoms with E-state index in [-0.39, 0.29) is 21.3 Å². The number of carbonyl (C=O) groups is 1. The first-order valence-electron chi connectivity index (χ1n) is 7.73. The number of alkyl halides is 3. The summed E-state index contributed by atoms with van der Waals surface area (Å²) in [7, 11) is -3.91. The number of hydrogen-bond acceptors (Lipinski definition) is 4. The molecule has 0 saturated carbocycles. The molecule has 1 unspecified atom stereocenters. The second-order valence-corrected chi connectivity index (χ2v) is 8.23. The van der Waals surface area contributed by atoms with Crippen molar-refractivity contribution >= 4 is 38.9 Å². The third-order valence-corrected chi connectivity index (χ3v) is 5.50. The Hall–Kier alpha value is -2.30. The van der Waals surface area contributed by atoms with Gasteiger partial charge in [-0.3, -0.25) is 9.52 Å². The zero-order chi connectivity index (χ0) is 21.3. The average Bonchev–Trinajstić information content (AvgIpc) is 2.56. The standard InChI is InChI=1S/C17H16ClF3N2O4S/c1-10-3-6-12(7-4-10)28(26,27)23-11-5-8-14(13(18)9-11)22-15(24)16(2,25)17(19,20)21/h3-9,23,25H,1-2H3,(H,22,24). The van der Waals surface area contributed by atoms with E-state index < -0.39 is 27.7 Å². The van der Waals surface area contributed by atoms with Gasteiger partial charge in [-0.1, -0.05) is 29.3 Å². The third-order valence-electron chi connectivity index (χ3n) is 3.79. The van der Waals surface area contributed by atoms with Crippen LogP contribution in [0.25, 0.3) is 0 Å². The van der Waals surface area contributed by atoms with Crippen LogP contribution in [0.4, 0.5) is 24.5 Å². The van der Waals surface area contributed by atoms with Crippen LogP contribution in [-0.2, 0) is 14.8 Å². The van der Waals surface area contributed by atoms with Gasteiger partial charge in [0.2, 0.25) is 5.60 Å². The highest BCUT2D eigenvalue weighted by Crippen LogP contribution is 2.33. The van der Waals surface area contributed by atoms with E-state index in [1.807, 2.05) is 5.32 Å². The summed E-state index contributed by atoms with van der Waals surface area (Å²) >= 11 is 5.92. The van der Waals surface area contributed by atoms with Crippen molar-refractivity contribution in [2.24, 2.45) is 0 Å². The number of sulfonamides is 1. The Balaban J connectivity index is 2.20. The number of anilines is 2. The molecule has 6 nitrogen and oxygen atoms in total. The fourth-order valence-electron chi connectivity index (χ4n) is 1.98. The van der Waals surface area contributed by atoms with Crippen LogP contribution in [-0.4, -0.2) is 31.2 Å². The normalized spacial score (nSPS) is 14.2. The summed E-state index contributed by atoms with van der Waals surface area (Å²) in [6, 6.07) is 9.49. The maximum atomic E-state index is 12.7. The van der Waals surface area contributed by atoms with Crippen LogP contribution in [0.2, 0.25) is 5.02 Å². The minimum atomic E-state index is -5.19. The summed E-state index contributed by atoms with van der Waals surface area (Å²) in [5.41, 5.74) is -2.94. The molecule has 0 aliphatic rings. The van der Waals surface area contributed by atoms with Gasteiger partial charge in [0.1, 0.15) is 0 Å². The van der Waals surface area contributed by atoms with Crippen molar-refractivity contribution in [2.75, 3.05) is 10.0 Å². The lowest BCUT2D eigenvalue weighted by Crippen LogP contribution is -2.52. The van der Waals surface area contributed by atoms with Crippen molar-refractivity contribution in [3.05, 3.63) is 53.1 Å². The summed E-state index contributed by atoms with van der Waals surface area (Å²) < 4.78 is 65.1. The number of rotatable bonds is 5. The van der Waals surface area contributed by atoms with Crippen molar-refractivity contribution < 1.29 is 31.5 Å². The van der Waals surface area contributed by atoms with Crippen molar-refractivity contribution in [1.29, 1.82) is 0 Å². The highest BCUT2D eigenvalue weighted by atomic mass is 35.5. The Morgan fingerprint density at radius 3 is 2.18 bits per heavy atom. The maximum absolute atomic E-state index is 12.7. The van der Waals surface area contributed by atoms with E-state index in [9.17, 15) is 31.5 Å². The Labute approximate surface area is 164 Å². The quantitative estimate of drug-likeness (QED) is 0.666. The molecule has 2 aromatic rings. The van der Waals surface area contributed by atoms with E-state index in [1.165, 1.54) is 18.2 Å². The lowest BCUT2D eigenvalue weighted by molar-refractivity contribution is -0.242. The molecule has 0 bridgehead atoms. The average molecular weight is 437 g/mol. The summed E-state index contributed by atoms with van der Waals surface area (Å²) in [5, 5.41) is 11.0. The molecule has 0 fully saturated rings. The Morgan fingerprint density at radius 1 is 1.11 bits per heavy atom. The molecule has 0 aliphatic carbocycles. The first-order valence-corrected chi connectivity index (χ1v) is 9.60. The first-order chi connectivity index (χ1) is 12.7. The fraction of sp³-hybridized carbons (Fsp3) is 0.235. The van der Waals surface area contributed by atoms with Crippen LogP contribution in [0.1, 0.15) is 12.5 Å². The van der Waals surface area contributed by atoms with Crippen molar-refractivity contribution in [3.8, 4) is 0 Å². The first kappa shape index (κ1) is 22.0. The summed E-state index contributed by atoms with van der Waals surface area (Å²) in [6.45, 7) is 2.10. The monoisotopic (exact) mass is 436 g/mol. The second kappa shape index (κ2) is 7.61. The minimum Gasteiger partial charge on any atom is -0.373 e. The number of carbonyl (C=O) groups excluding carboxylic acids is 1. The van der Waals surface area contributed by atoms with Gasteiger partial charge in [-0.25, -0.2) is 8.42 Å². The Bertz CT molecular complexity index is 990. The summed E-state index contributed by atoms with van der Waals surface area (Å²) in [4.78, 5) is 11.7. The van der Waals surface area contributed by atoms with Crippen molar-refractivity contribution in [3.63, 3.8) is 0 Å². The van der Waals surface area contributed by atoms with Gasteiger partial charge >= 0.3 is 6.18 Å².